The molecule has 25 heavy (non-hydrogen) atoms. The zero-order chi connectivity index (χ0) is 16.5. The Hall–Kier alpha value is -0.850. The van der Waals surface area contributed by atoms with Gasteiger partial charge in [0.2, 0.25) is 5.91 Å². The van der Waals surface area contributed by atoms with Crippen molar-refractivity contribution in [2.45, 2.75) is 39.4 Å². The lowest BCUT2D eigenvalue weighted by Gasteiger charge is -2.23. The summed E-state index contributed by atoms with van der Waals surface area (Å²) in [5.41, 5.74) is 2.44. The van der Waals surface area contributed by atoms with Gasteiger partial charge in [0.05, 0.1) is 13.2 Å². The molecule has 1 saturated heterocycles. The van der Waals surface area contributed by atoms with Crippen molar-refractivity contribution in [2.24, 2.45) is 0 Å². The molecule has 2 rings (SSSR count). The highest BCUT2D eigenvalue weighted by Gasteiger charge is 2.16. The lowest BCUT2D eigenvalue weighted by atomic mass is 10.1. The maximum atomic E-state index is 12.0. The number of rotatable bonds is 8. The van der Waals surface area contributed by atoms with E-state index in [1.54, 1.807) is 0 Å². The van der Waals surface area contributed by atoms with Gasteiger partial charge in [0.15, 0.2) is 0 Å². The van der Waals surface area contributed by atoms with E-state index in [1.807, 2.05) is 0 Å². The van der Waals surface area contributed by atoms with Gasteiger partial charge in [0.1, 0.15) is 0 Å². The fourth-order valence-electron chi connectivity index (χ4n) is 2.79. The largest absolute Gasteiger partial charge is 0.378 e. The van der Waals surface area contributed by atoms with Crippen LogP contribution in [0.4, 0.5) is 0 Å². The number of carbonyl (C=O) groups is 1. The first-order valence-electron chi connectivity index (χ1n) is 8.59. The predicted molar refractivity (Wildman–Crippen MR) is 107 cm³/mol. The second-order valence-electron chi connectivity index (χ2n) is 5.99. The molecule has 0 radical (unpaired) electrons. The van der Waals surface area contributed by atoms with Gasteiger partial charge in [-0.3, -0.25) is 9.69 Å². The van der Waals surface area contributed by atoms with Crippen molar-refractivity contribution in [3.8, 4) is 0 Å². The van der Waals surface area contributed by atoms with Crippen LogP contribution in [-0.4, -0.2) is 49.7 Å². The molecule has 1 amide bonds. The molecule has 0 aromatic heterocycles. The molecule has 0 saturated carbocycles. The standard InChI is InChI=1S/C18H29N3O2.2ClH/c1-3-21(4-2)13-16-7-5-6-15(10-16)12-20-18(22)11-17-14-23-9-8-19-17;;/h5-7,10,17,19H,3-4,8-9,11-14H2,1-2H3,(H,20,22);2*1H. The summed E-state index contributed by atoms with van der Waals surface area (Å²) in [4.78, 5) is 14.4. The fourth-order valence-corrected chi connectivity index (χ4v) is 2.79. The zero-order valence-electron chi connectivity index (χ0n) is 15.1. The molecular weight excluding hydrogens is 361 g/mol. The molecule has 7 heteroatoms. The second-order valence-corrected chi connectivity index (χ2v) is 5.99. The molecule has 1 aliphatic heterocycles. The third-order valence-corrected chi connectivity index (χ3v) is 4.21. The van der Waals surface area contributed by atoms with Crippen LogP contribution in [-0.2, 0) is 22.6 Å². The number of morpholine rings is 1. The van der Waals surface area contributed by atoms with Crippen molar-refractivity contribution in [3.63, 3.8) is 0 Å². The van der Waals surface area contributed by atoms with E-state index in [4.69, 9.17) is 4.74 Å². The van der Waals surface area contributed by atoms with Crippen LogP contribution in [0.2, 0.25) is 0 Å². The van der Waals surface area contributed by atoms with Gasteiger partial charge in [-0.15, -0.1) is 24.8 Å². The van der Waals surface area contributed by atoms with E-state index in [1.165, 1.54) is 5.56 Å². The molecule has 1 fully saturated rings. The van der Waals surface area contributed by atoms with Crippen molar-refractivity contribution in [1.82, 2.24) is 15.5 Å². The van der Waals surface area contributed by atoms with Crippen molar-refractivity contribution < 1.29 is 9.53 Å². The van der Waals surface area contributed by atoms with Crippen LogP contribution in [0.1, 0.15) is 31.4 Å². The molecule has 1 aromatic rings. The van der Waals surface area contributed by atoms with Gasteiger partial charge in [-0.2, -0.15) is 0 Å². The van der Waals surface area contributed by atoms with Crippen LogP contribution in [0.5, 0.6) is 0 Å². The third kappa shape index (κ3) is 8.88. The molecule has 144 valence electrons. The Bertz CT molecular complexity index is 493. The second kappa shape index (κ2) is 13.4. The van der Waals surface area contributed by atoms with Crippen molar-refractivity contribution in [3.05, 3.63) is 35.4 Å². The molecule has 1 heterocycles. The molecule has 0 aliphatic carbocycles. The smallest absolute Gasteiger partial charge is 0.221 e. The SMILES string of the molecule is CCN(CC)Cc1cccc(CNC(=O)CC2COCCN2)c1.Cl.Cl. The summed E-state index contributed by atoms with van der Waals surface area (Å²) in [5.74, 6) is 0.0714. The Morgan fingerprint density at radius 2 is 2.00 bits per heavy atom. The van der Waals surface area contributed by atoms with Gasteiger partial charge < -0.3 is 15.4 Å². The van der Waals surface area contributed by atoms with E-state index in [0.29, 0.717) is 19.6 Å². The highest BCUT2D eigenvalue weighted by atomic mass is 35.5. The normalized spacial score (nSPS) is 16.7. The summed E-state index contributed by atoms with van der Waals surface area (Å²) in [7, 11) is 0. The van der Waals surface area contributed by atoms with Crippen LogP contribution < -0.4 is 10.6 Å². The number of nitrogens with zero attached hydrogens (tertiary/aromatic N) is 1. The fraction of sp³-hybridized carbons (Fsp3) is 0.611. The van der Waals surface area contributed by atoms with Gasteiger partial charge in [-0.05, 0) is 24.2 Å². The average Bonchev–Trinajstić information content (AvgIpc) is 2.59. The molecule has 5 nitrogen and oxygen atoms in total. The van der Waals surface area contributed by atoms with Crippen molar-refractivity contribution in [1.29, 1.82) is 0 Å². The Morgan fingerprint density at radius 3 is 2.64 bits per heavy atom. The Morgan fingerprint density at radius 1 is 1.28 bits per heavy atom. The molecule has 1 aromatic carbocycles. The van der Waals surface area contributed by atoms with Crippen LogP contribution in [0.3, 0.4) is 0 Å². The quantitative estimate of drug-likeness (QED) is 0.713. The molecule has 0 spiro atoms. The van der Waals surface area contributed by atoms with Gasteiger partial charge in [0.25, 0.3) is 0 Å². The number of carbonyl (C=O) groups excluding carboxylic acids is 1. The minimum absolute atomic E-state index is 0. The van der Waals surface area contributed by atoms with E-state index >= 15 is 0 Å². The number of benzene rings is 1. The van der Waals surface area contributed by atoms with Crippen LogP contribution in [0.25, 0.3) is 0 Å². The highest BCUT2D eigenvalue weighted by molar-refractivity contribution is 5.85. The summed E-state index contributed by atoms with van der Waals surface area (Å²) in [6.45, 7) is 10.2. The zero-order valence-corrected chi connectivity index (χ0v) is 16.8. The van der Waals surface area contributed by atoms with Crippen LogP contribution >= 0.6 is 24.8 Å². The topological polar surface area (TPSA) is 53.6 Å². The maximum absolute atomic E-state index is 12.0. The van der Waals surface area contributed by atoms with E-state index in [2.05, 4.69) is 53.6 Å². The average molecular weight is 392 g/mol. The highest BCUT2D eigenvalue weighted by Crippen LogP contribution is 2.09. The van der Waals surface area contributed by atoms with Gasteiger partial charge >= 0.3 is 0 Å². The number of halogens is 2. The number of ether oxygens (including phenoxy) is 1. The molecule has 1 atom stereocenters. The van der Waals surface area contributed by atoms with Crippen molar-refractivity contribution >= 4 is 30.7 Å². The number of amides is 1. The van der Waals surface area contributed by atoms with Gasteiger partial charge in [-0.1, -0.05) is 38.1 Å². The summed E-state index contributed by atoms with van der Waals surface area (Å²) in [5, 5.41) is 6.31. The Labute approximate surface area is 163 Å². The Balaban J connectivity index is 0.00000288. The van der Waals surface area contributed by atoms with E-state index < -0.39 is 0 Å². The van der Waals surface area contributed by atoms with Crippen LogP contribution in [0, 0.1) is 0 Å². The molecule has 1 unspecified atom stereocenters. The van der Waals surface area contributed by atoms with E-state index in [-0.39, 0.29) is 36.8 Å². The van der Waals surface area contributed by atoms with Gasteiger partial charge in [-0.25, -0.2) is 0 Å². The lowest BCUT2D eigenvalue weighted by molar-refractivity contribution is -0.122. The Kier molecular flexibility index (Phi) is 12.9. The molecule has 2 N–H and O–H groups in total. The minimum atomic E-state index is 0. The maximum Gasteiger partial charge on any atom is 0.221 e. The minimum Gasteiger partial charge on any atom is -0.378 e. The molecule has 0 bridgehead atoms. The molecular formula is C18H31Cl2N3O2. The first-order chi connectivity index (χ1) is 11.2. The first-order valence-corrected chi connectivity index (χ1v) is 8.59. The third-order valence-electron chi connectivity index (χ3n) is 4.21. The predicted octanol–water partition coefficient (Wildman–Crippen LogP) is 2.37. The summed E-state index contributed by atoms with van der Waals surface area (Å²) >= 11 is 0. The number of hydrogen-bond donors (Lipinski definition) is 2. The first kappa shape index (κ1) is 24.1. The van der Waals surface area contributed by atoms with E-state index in [9.17, 15) is 4.79 Å². The molecule has 1 aliphatic rings. The monoisotopic (exact) mass is 391 g/mol. The summed E-state index contributed by atoms with van der Waals surface area (Å²) in [6, 6.07) is 8.59. The summed E-state index contributed by atoms with van der Waals surface area (Å²) in [6.07, 6.45) is 0.471. The van der Waals surface area contributed by atoms with Crippen LogP contribution in [0.15, 0.2) is 24.3 Å². The number of hydrogen-bond acceptors (Lipinski definition) is 4. The van der Waals surface area contributed by atoms with Crippen molar-refractivity contribution in [2.75, 3.05) is 32.8 Å². The number of nitrogens with one attached hydrogen (secondary N) is 2. The summed E-state index contributed by atoms with van der Waals surface area (Å²) < 4.78 is 5.37. The lowest BCUT2D eigenvalue weighted by Crippen LogP contribution is -2.44. The van der Waals surface area contributed by atoms with E-state index in [0.717, 1.165) is 38.3 Å². The van der Waals surface area contributed by atoms with Gasteiger partial charge in [0, 0.05) is 32.1 Å².